The Bertz CT molecular complexity index is 575. The van der Waals surface area contributed by atoms with Crippen molar-refractivity contribution in [2.45, 2.75) is 12.8 Å². The van der Waals surface area contributed by atoms with Crippen molar-refractivity contribution in [2.75, 3.05) is 13.1 Å². The number of benzene rings is 1. The smallest absolute Gasteiger partial charge is 0.314 e. The first kappa shape index (κ1) is 15.0. The molecular weight excluding hydrogens is 269 g/mol. The van der Waals surface area contributed by atoms with Gasteiger partial charge in [-0.15, -0.1) is 0 Å². The van der Waals surface area contributed by atoms with Gasteiger partial charge in [-0.05, 0) is 36.2 Å². The molecule has 0 saturated carbocycles. The van der Waals surface area contributed by atoms with Gasteiger partial charge in [0.1, 0.15) is 5.82 Å². The minimum atomic E-state index is -0.257. The highest BCUT2D eigenvalue weighted by molar-refractivity contribution is 5.73. The van der Waals surface area contributed by atoms with Crippen LogP contribution in [-0.2, 0) is 12.8 Å². The molecule has 1 heterocycles. The molecule has 0 aliphatic heterocycles. The highest BCUT2D eigenvalue weighted by Gasteiger charge is 2.01. The van der Waals surface area contributed by atoms with Crippen LogP contribution in [0.5, 0.6) is 0 Å². The molecule has 2 rings (SSSR count). The Labute approximate surface area is 123 Å². The number of aromatic nitrogens is 1. The average molecular weight is 287 g/mol. The summed E-state index contributed by atoms with van der Waals surface area (Å²) in [6.07, 6.45) is 3.03. The Balaban J connectivity index is 1.61. The Hall–Kier alpha value is -2.43. The summed E-state index contributed by atoms with van der Waals surface area (Å²) < 4.78 is 13.0. The molecule has 5 heteroatoms. The van der Waals surface area contributed by atoms with Crippen LogP contribution in [0.4, 0.5) is 9.18 Å². The molecule has 0 spiro atoms. The Morgan fingerprint density at radius 3 is 2.57 bits per heavy atom. The number of pyridine rings is 1. The number of carbonyl (C=O) groups is 1. The summed E-state index contributed by atoms with van der Waals surface area (Å²) in [5.41, 5.74) is 1.81. The number of hydrogen-bond donors (Lipinski definition) is 2. The van der Waals surface area contributed by atoms with Crippen LogP contribution in [0.1, 0.15) is 11.3 Å². The van der Waals surface area contributed by atoms with Crippen molar-refractivity contribution in [1.82, 2.24) is 15.6 Å². The zero-order valence-electron chi connectivity index (χ0n) is 11.7. The number of halogens is 1. The van der Waals surface area contributed by atoms with Gasteiger partial charge in [-0.1, -0.05) is 18.2 Å². The second-order valence-corrected chi connectivity index (χ2v) is 4.63. The minimum Gasteiger partial charge on any atom is -0.338 e. The first-order chi connectivity index (χ1) is 10.2. The SMILES string of the molecule is O=C(NCCc1cccc(F)c1)NCCc1ccccn1. The van der Waals surface area contributed by atoms with Crippen LogP contribution in [-0.4, -0.2) is 24.1 Å². The van der Waals surface area contributed by atoms with Crippen LogP contribution in [0.2, 0.25) is 0 Å². The van der Waals surface area contributed by atoms with Crippen molar-refractivity contribution < 1.29 is 9.18 Å². The maximum atomic E-state index is 13.0. The minimum absolute atomic E-state index is 0.220. The average Bonchev–Trinajstić information content (AvgIpc) is 2.48. The van der Waals surface area contributed by atoms with E-state index in [1.807, 2.05) is 24.3 Å². The number of rotatable bonds is 6. The molecule has 1 aromatic carbocycles. The van der Waals surface area contributed by atoms with Crippen LogP contribution in [0.15, 0.2) is 48.7 Å². The fourth-order valence-electron chi connectivity index (χ4n) is 1.93. The van der Waals surface area contributed by atoms with E-state index >= 15 is 0 Å². The van der Waals surface area contributed by atoms with Gasteiger partial charge in [-0.2, -0.15) is 0 Å². The molecule has 21 heavy (non-hydrogen) atoms. The van der Waals surface area contributed by atoms with Crippen molar-refractivity contribution in [3.63, 3.8) is 0 Å². The topological polar surface area (TPSA) is 54.0 Å². The van der Waals surface area contributed by atoms with Crippen molar-refractivity contribution in [1.29, 1.82) is 0 Å². The van der Waals surface area contributed by atoms with E-state index in [0.717, 1.165) is 11.3 Å². The Morgan fingerprint density at radius 1 is 1.05 bits per heavy atom. The van der Waals surface area contributed by atoms with Gasteiger partial charge in [0.15, 0.2) is 0 Å². The van der Waals surface area contributed by atoms with E-state index < -0.39 is 0 Å². The molecule has 0 bridgehead atoms. The first-order valence-electron chi connectivity index (χ1n) is 6.90. The number of carbonyl (C=O) groups excluding carboxylic acids is 1. The van der Waals surface area contributed by atoms with Crippen LogP contribution < -0.4 is 10.6 Å². The molecule has 1 aromatic heterocycles. The fourth-order valence-corrected chi connectivity index (χ4v) is 1.93. The lowest BCUT2D eigenvalue weighted by molar-refractivity contribution is 0.241. The highest BCUT2D eigenvalue weighted by atomic mass is 19.1. The van der Waals surface area contributed by atoms with Crippen LogP contribution >= 0.6 is 0 Å². The van der Waals surface area contributed by atoms with E-state index in [2.05, 4.69) is 15.6 Å². The van der Waals surface area contributed by atoms with Crippen molar-refractivity contribution in [3.8, 4) is 0 Å². The molecule has 110 valence electrons. The highest BCUT2D eigenvalue weighted by Crippen LogP contribution is 2.03. The molecule has 0 radical (unpaired) electrons. The maximum absolute atomic E-state index is 13.0. The van der Waals surface area contributed by atoms with E-state index in [9.17, 15) is 9.18 Å². The lowest BCUT2D eigenvalue weighted by Gasteiger charge is -2.07. The predicted molar refractivity (Wildman–Crippen MR) is 79.4 cm³/mol. The summed E-state index contributed by atoms with van der Waals surface area (Å²) in [6, 6.07) is 11.9. The molecular formula is C16H18FN3O. The van der Waals surface area contributed by atoms with Gasteiger partial charge < -0.3 is 10.6 Å². The summed E-state index contributed by atoms with van der Waals surface area (Å²) in [4.78, 5) is 15.8. The normalized spacial score (nSPS) is 10.1. The fraction of sp³-hybridized carbons (Fsp3) is 0.250. The molecule has 0 aliphatic carbocycles. The number of hydrogen-bond acceptors (Lipinski definition) is 2. The Morgan fingerprint density at radius 2 is 1.86 bits per heavy atom. The van der Waals surface area contributed by atoms with Gasteiger partial charge in [0.2, 0.25) is 0 Å². The van der Waals surface area contributed by atoms with Crippen LogP contribution in [0.3, 0.4) is 0 Å². The van der Waals surface area contributed by atoms with Crippen molar-refractivity contribution >= 4 is 6.03 Å². The molecule has 2 aromatic rings. The number of amides is 2. The van der Waals surface area contributed by atoms with Gasteiger partial charge >= 0.3 is 6.03 Å². The van der Waals surface area contributed by atoms with Gasteiger partial charge in [0, 0.05) is 31.4 Å². The summed E-state index contributed by atoms with van der Waals surface area (Å²) in [7, 11) is 0. The molecule has 0 aliphatic rings. The third-order valence-electron chi connectivity index (χ3n) is 2.98. The summed E-state index contributed by atoms with van der Waals surface area (Å²) in [6.45, 7) is 1.00. The largest absolute Gasteiger partial charge is 0.338 e. The van der Waals surface area contributed by atoms with E-state index in [1.165, 1.54) is 12.1 Å². The number of urea groups is 1. The molecule has 2 amide bonds. The third kappa shape index (κ3) is 5.60. The van der Waals surface area contributed by atoms with Gasteiger partial charge in [0.05, 0.1) is 0 Å². The standard InChI is InChI=1S/C16H18FN3O/c17-14-5-3-4-13(12-14)7-10-19-16(21)20-11-8-15-6-1-2-9-18-15/h1-6,9,12H,7-8,10-11H2,(H2,19,20,21). The molecule has 0 fully saturated rings. The van der Waals surface area contributed by atoms with E-state index in [1.54, 1.807) is 12.3 Å². The number of nitrogens with one attached hydrogen (secondary N) is 2. The summed E-state index contributed by atoms with van der Waals surface area (Å²) in [5.74, 6) is -0.257. The van der Waals surface area contributed by atoms with Crippen LogP contribution in [0.25, 0.3) is 0 Å². The lowest BCUT2D eigenvalue weighted by Crippen LogP contribution is -2.37. The van der Waals surface area contributed by atoms with E-state index in [4.69, 9.17) is 0 Å². The van der Waals surface area contributed by atoms with Gasteiger partial charge in [0.25, 0.3) is 0 Å². The summed E-state index contributed by atoms with van der Waals surface area (Å²) >= 11 is 0. The number of nitrogens with zero attached hydrogens (tertiary/aromatic N) is 1. The van der Waals surface area contributed by atoms with Crippen molar-refractivity contribution in [2.24, 2.45) is 0 Å². The zero-order valence-corrected chi connectivity index (χ0v) is 11.7. The lowest BCUT2D eigenvalue weighted by atomic mass is 10.1. The predicted octanol–water partition coefficient (Wildman–Crippen LogP) is 2.31. The van der Waals surface area contributed by atoms with Gasteiger partial charge in [-0.3, -0.25) is 4.98 Å². The van der Waals surface area contributed by atoms with Gasteiger partial charge in [-0.25, -0.2) is 9.18 Å². The first-order valence-corrected chi connectivity index (χ1v) is 6.90. The molecule has 4 nitrogen and oxygen atoms in total. The molecule has 2 N–H and O–H groups in total. The quantitative estimate of drug-likeness (QED) is 0.856. The van der Waals surface area contributed by atoms with E-state index in [-0.39, 0.29) is 11.8 Å². The monoisotopic (exact) mass is 287 g/mol. The Kier molecular flexibility index (Phi) is 5.70. The van der Waals surface area contributed by atoms with Crippen LogP contribution in [0, 0.1) is 5.82 Å². The molecule has 0 atom stereocenters. The second kappa shape index (κ2) is 7.99. The zero-order chi connectivity index (χ0) is 14.9. The second-order valence-electron chi connectivity index (χ2n) is 4.63. The maximum Gasteiger partial charge on any atom is 0.314 e. The molecule has 0 saturated heterocycles. The van der Waals surface area contributed by atoms with E-state index in [0.29, 0.717) is 25.9 Å². The van der Waals surface area contributed by atoms with Crippen molar-refractivity contribution in [3.05, 3.63) is 65.7 Å². The summed E-state index contributed by atoms with van der Waals surface area (Å²) in [5, 5.41) is 5.51. The molecule has 0 unspecified atom stereocenters. The third-order valence-corrected chi connectivity index (χ3v) is 2.98.